The maximum Gasteiger partial charge on any atom is 0.492 e. The van der Waals surface area contributed by atoms with Gasteiger partial charge in [0.2, 0.25) is 6.04 Å². The number of piperidine rings is 1. The van der Waals surface area contributed by atoms with E-state index in [1.165, 1.54) is 0 Å². The summed E-state index contributed by atoms with van der Waals surface area (Å²) in [4.78, 5) is 30.0. The van der Waals surface area contributed by atoms with Gasteiger partial charge in [0.15, 0.2) is 0 Å². The summed E-state index contributed by atoms with van der Waals surface area (Å²) in [7, 11) is -5.70. The number of carbonyl (C=O) groups excluding carboxylic acids is 2. The van der Waals surface area contributed by atoms with Crippen molar-refractivity contribution in [1.29, 1.82) is 0 Å². The first-order valence-electron chi connectivity index (χ1n) is 16.4. The molecule has 0 radical (unpaired) electrons. The average molecular weight is 756 g/mol. The molecule has 0 spiro atoms. The lowest BCUT2D eigenvalue weighted by Crippen LogP contribution is -2.60. The van der Waals surface area contributed by atoms with Gasteiger partial charge in [-0.2, -0.15) is 35.1 Å². The molecule has 18 heteroatoms. The minimum absolute atomic E-state index is 0.0651. The molecular weight excluding hydrogens is 718 g/mol. The van der Waals surface area contributed by atoms with Crippen molar-refractivity contribution in [2.45, 2.75) is 98.5 Å². The van der Waals surface area contributed by atoms with E-state index in [2.05, 4.69) is 4.84 Å². The van der Waals surface area contributed by atoms with Gasteiger partial charge in [0.1, 0.15) is 5.75 Å². The molecule has 5 rings (SSSR count). The Labute approximate surface area is 289 Å². The largest absolute Gasteiger partial charge is 0.493 e. The van der Waals surface area contributed by atoms with Crippen molar-refractivity contribution in [3.63, 3.8) is 0 Å². The summed E-state index contributed by atoms with van der Waals surface area (Å²) in [6, 6.07) is 2.53. The molecule has 0 unspecified atom stereocenters. The number of amides is 1. The Morgan fingerprint density at radius 3 is 1.94 bits per heavy atom. The normalized spacial score (nSPS) is 19.8. The van der Waals surface area contributed by atoms with Crippen molar-refractivity contribution >= 4 is 21.9 Å². The van der Waals surface area contributed by atoms with E-state index in [4.69, 9.17) is 10.5 Å². The first kappa shape index (κ1) is 38.7. The number of likely N-dealkylation sites (tertiary alicyclic amines) is 1. The van der Waals surface area contributed by atoms with Gasteiger partial charge in [-0.05, 0) is 78.7 Å². The fraction of sp³-hybridized carbons (Fsp3) is 0.576. The van der Waals surface area contributed by atoms with Crippen LogP contribution in [0.2, 0.25) is 0 Å². The lowest BCUT2D eigenvalue weighted by molar-refractivity contribution is -0.239. The van der Waals surface area contributed by atoms with E-state index in [1.54, 1.807) is 0 Å². The zero-order chi connectivity index (χ0) is 37.4. The van der Waals surface area contributed by atoms with Crippen LogP contribution in [0.25, 0.3) is 0 Å². The molecule has 2 aliphatic carbocycles. The minimum Gasteiger partial charge on any atom is -0.493 e. The zero-order valence-electron chi connectivity index (χ0n) is 27.2. The first-order valence-corrected chi connectivity index (χ1v) is 17.9. The van der Waals surface area contributed by atoms with E-state index in [1.807, 2.05) is 0 Å². The lowest BCUT2D eigenvalue weighted by atomic mass is 9.90. The van der Waals surface area contributed by atoms with Gasteiger partial charge in [0, 0.05) is 24.7 Å². The molecule has 1 heterocycles. The Hall–Kier alpha value is -3.51. The van der Waals surface area contributed by atoms with E-state index in [0.29, 0.717) is 18.7 Å². The number of sulfonamides is 1. The monoisotopic (exact) mass is 755 g/mol. The molecule has 2 saturated carbocycles. The SMILES string of the molecule is NC1CCN(C(=O)[C@@H](N(OC(=O)C(F)(F)F)S(=O)(=O)c2ccc(OCC3CCCCC3)cc2)C(F)(F)c2ccc(C3(C(F)(F)F)CC3)cc2)CC1. The van der Waals surface area contributed by atoms with Crippen molar-refractivity contribution < 1.29 is 62.7 Å². The van der Waals surface area contributed by atoms with Crippen molar-refractivity contribution in [1.82, 2.24) is 9.37 Å². The number of hydrogen-bond acceptors (Lipinski definition) is 7. The van der Waals surface area contributed by atoms with Crippen LogP contribution in [0.15, 0.2) is 53.4 Å². The highest BCUT2D eigenvalue weighted by Crippen LogP contribution is 2.59. The number of carbonyl (C=O) groups is 2. The van der Waals surface area contributed by atoms with Gasteiger partial charge in [0.25, 0.3) is 15.9 Å². The number of benzene rings is 2. The van der Waals surface area contributed by atoms with E-state index in [9.17, 15) is 44.3 Å². The van der Waals surface area contributed by atoms with Crippen LogP contribution in [0.1, 0.15) is 68.9 Å². The second-order valence-corrected chi connectivity index (χ2v) is 15.1. The number of nitrogens with two attached hydrogens (primary N) is 1. The van der Waals surface area contributed by atoms with Crippen molar-refractivity contribution in [3.05, 3.63) is 59.7 Å². The van der Waals surface area contributed by atoms with Crippen LogP contribution in [-0.2, 0) is 35.8 Å². The van der Waals surface area contributed by atoms with Gasteiger partial charge in [-0.3, -0.25) is 4.79 Å². The molecule has 1 saturated heterocycles. The topological polar surface area (TPSA) is 119 Å². The number of alkyl halides is 8. The molecule has 2 aromatic rings. The molecule has 1 amide bonds. The zero-order valence-corrected chi connectivity index (χ0v) is 28.0. The Bertz CT molecular complexity index is 1650. The summed E-state index contributed by atoms with van der Waals surface area (Å²) < 4.78 is 148. The lowest BCUT2D eigenvalue weighted by Gasteiger charge is -2.38. The predicted octanol–water partition coefficient (Wildman–Crippen LogP) is 6.36. The third-order valence-electron chi connectivity index (χ3n) is 9.73. The van der Waals surface area contributed by atoms with Gasteiger partial charge >= 0.3 is 24.2 Å². The molecule has 3 fully saturated rings. The van der Waals surface area contributed by atoms with E-state index in [0.717, 1.165) is 73.4 Å². The summed E-state index contributed by atoms with van der Waals surface area (Å²) >= 11 is 0. The number of hydroxylamine groups is 1. The molecule has 0 bridgehead atoms. The summed E-state index contributed by atoms with van der Waals surface area (Å²) in [5, 5.41) is 0. The Balaban J connectivity index is 1.55. The van der Waals surface area contributed by atoms with E-state index < -0.39 is 72.6 Å². The molecule has 2 aromatic carbocycles. The maximum absolute atomic E-state index is 16.7. The summed E-state index contributed by atoms with van der Waals surface area (Å²) in [5.41, 5.74) is 1.98. The number of ether oxygens (including phenoxy) is 1. The van der Waals surface area contributed by atoms with E-state index >= 15 is 8.78 Å². The Kier molecular flexibility index (Phi) is 11.0. The van der Waals surface area contributed by atoms with E-state index in [-0.39, 0.29) is 56.0 Å². The molecule has 3 aliphatic rings. The Morgan fingerprint density at radius 2 is 1.43 bits per heavy atom. The van der Waals surface area contributed by atoms with Gasteiger partial charge in [-0.15, -0.1) is 0 Å². The predicted molar refractivity (Wildman–Crippen MR) is 165 cm³/mol. The van der Waals surface area contributed by atoms with Crippen molar-refractivity contribution in [2.75, 3.05) is 19.7 Å². The molecule has 1 aliphatic heterocycles. The third-order valence-corrected chi connectivity index (χ3v) is 11.4. The highest BCUT2D eigenvalue weighted by molar-refractivity contribution is 7.89. The fourth-order valence-corrected chi connectivity index (χ4v) is 7.81. The van der Waals surface area contributed by atoms with Gasteiger partial charge in [-0.1, -0.05) is 43.5 Å². The number of hydrogen-bond donors (Lipinski definition) is 1. The van der Waals surface area contributed by atoms with Crippen molar-refractivity contribution in [3.8, 4) is 5.75 Å². The molecule has 9 nitrogen and oxygen atoms in total. The number of halogens is 8. The maximum atomic E-state index is 16.7. The summed E-state index contributed by atoms with van der Waals surface area (Å²) in [6.45, 7) is -0.298. The second kappa shape index (κ2) is 14.5. The molecular formula is C33H37F8N3O6S. The number of rotatable bonds is 11. The standard InChI is InChI=1S/C33H37F8N3O6S/c34-31(35,23-8-6-22(7-9-23)30(16-17-30)33(39,40)41)27(28(45)43-18-14-24(42)15-19-43)44(50-29(46)32(36,37)38)51(47,48)26-12-10-25(11-13-26)49-20-21-4-2-1-3-5-21/h6-13,21,24,27H,1-5,14-20,42H2/t27-/m1/s1. The van der Waals surface area contributed by atoms with Crippen LogP contribution in [0.3, 0.4) is 0 Å². The van der Waals surface area contributed by atoms with Gasteiger partial charge < -0.3 is 20.2 Å². The van der Waals surface area contributed by atoms with Crippen LogP contribution in [0.4, 0.5) is 35.1 Å². The molecule has 2 N–H and O–H groups in total. The number of nitrogens with zero attached hydrogens (tertiary/aromatic N) is 2. The van der Waals surface area contributed by atoms with Crippen LogP contribution in [0.5, 0.6) is 5.75 Å². The van der Waals surface area contributed by atoms with Gasteiger partial charge in [0.05, 0.1) is 16.9 Å². The smallest absolute Gasteiger partial charge is 0.492 e. The van der Waals surface area contributed by atoms with Crippen LogP contribution < -0.4 is 10.5 Å². The molecule has 51 heavy (non-hydrogen) atoms. The fourth-order valence-electron chi connectivity index (χ4n) is 6.45. The first-order chi connectivity index (χ1) is 23.8. The summed E-state index contributed by atoms with van der Waals surface area (Å²) in [6.07, 6.45) is -6.13. The molecule has 0 aromatic heterocycles. The molecule has 1 atom stereocenters. The minimum atomic E-state index is -5.90. The average Bonchev–Trinajstić information content (AvgIpc) is 3.90. The van der Waals surface area contributed by atoms with Crippen molar-refractivity contribution in [2.24, 2.45) is 11.7 Å². The third kappa shape index (κ3) is 8.27. The summed E-state index contributed by atoms with van der Waals surface area (Å²) in [5.74, 6) is -9.31. The quantitative estimate of drug-likeness (QED) is 0.210. The van der Waals surface area contributed by atoms with Crippen LogP contribution in [-0.4, -0.2) is 73.8 Å². The molecule has 282 valence electrons. The van der Waals surface area contributed by atoms with Gasteiger partial charge in [-0.25, -0.2) is 13.2 Å². The van der Waals surface area contributed by atoms with Crippen LogP contribution >= 0.6 is 0 Å². The highest BCUT2D eigenvalue weighted by Gasteiger charge is 2.64. The Morgan fingerprint density at radius 1 is 0.863 bits per heavy atom. The highest BCUT2D eigenvalue weighted by atomic mass is 32.2. The van der Waals surface area contributed by atoms with Crippen LogP contribution in [0, 0.1) is 5.92 Å². The second-order valence-electron chi connectivity index (χ2n) is 13.3.